The highest BCUT2D eigenvalue weighted by Gasteiger charge is 2.10. The Morgan fingerprint density at radius 3 is 2.69 bits per heavy atom. The summed E-state index contributed by atoms with van der Waals surface area (Å²) in [6.45, 7) is 2.93. The summed E-state index contributed by atoms with van der Waals surface area (Å²) in [4.78, 5) is 13.3. The molecule has 0 aromatic heterocycles. The van der Waals surface area contributed by atoms with Crippen molar-refractivity contribution in [3.63, 3.8) is 0 Å². The van der Waals surface area contributed by atoms with Crippen LogP contribution in [0.4, 0.5) is 5.69 Å². The van der Waals surface area contributed by atoms with Gasteiger partial charge in [-0.1, -0.05) is 18.5 Å². The van der Waals surface area contributed by atoms with Crippen molar-refractivity contribution in [1.82, 2.24) is 4.90 Å². The van der Waals surface area contributed by atoms with Crippen LogP contribution in [-0.2, 0) is 0 Å². The number of hydrogen-bond acceptors (Lipinski definition) is 2. The monoisotopic (exact) mass is 240 g/mol. The Morgan fingerprint density at radius 2 is 2.12 bits per heavy atom. The topological polar surface area (TPSA) is 32.3 Å². The van der Waals surface area contributed by atoms with Crippen LogP contribution in [-0.4, -0.2) is 31.4 Å². The lowest BCUT2D eigenvalue weighted by molar-refractivity contribution is 0.0827. The molecule has 0 saturated heterocycles. The van der Waals surface area contributed by atoms with E-state index in [0.29, 0.717) is 10.6 Å². The van der Waals surface area contributed by atoms with Gasteiger partial charge in [-0.25, -0.2) is 0 Å². The lowest BCUT2D eigenvalue weighted by Crippen LogP contribution is -2.21. The maximum Gasteiger partial charge on any atom is 0.253 e. The van der Waals surface area contributed by atoms with E-state index in [1.165, 1.54) is 0 Å². The Labute approximate surface area is 101 Å². The van der Waals surface area contributed by atoms with Gasteiger partial charge in [-0.05, 0) is 24.6 Å². The smallest absolute Gasteiger partial charge is 0.253 e. The Kier molecular flexibility index (Phi) is 4.62. The summed E-state index contributed by atoms with van der Waals surface area (Å²) in [5.41, 5.74) is 1.46. The lowest BCUT2D eigenvalue weighted by Gasteiger charge is -2.13. The third-order valence-corrected chi connectivity index (χ3v) is 2.51. The predicted molar refractivity (Wildman–Crippen MR) is 68.3 cm³/mol. The average Bonchev–Trinajstić information content (AvgIpc) is 2.27. The van der Waals surface area contributed by atoms with Crippen molar-refractivity contribution in [3.05, 3.63) is 28.8 Å². The summed E-state index contributed by atoms with van der Waals surface area (Å²) < 4.78 is 0. The molecule has 0 aliphatic rings. The summed E-state index contributed by atoms with van der Waals surface area (Å²) in [6, 6.07) is 5.28. The second-order valence-corrected chi connectivity index (χ2v) is 4.23. The van der Waals surface area contributed by atoms with Crippen molar-refractivity contribution in [1.29, 1.82) is 0 Å². The molecule has 16 heavy (non-hydrogen) atoms. The van der Waals surface area contributed by atoms with E-state index in [0.717, 1.165) is 18.7 Å². The van der Waals surface area contributed by atoms with Gasteiger partial charge in [0.05, 0.1) is 10.7 Å². The summed E-state index contributed by atoms with van der Waals surface area (Å²) in [7, 11) is 3.46. The third-order valence-electron chi connectivity index (χ3n) is 2.18. The highest BCUT2D eigenvalue weighted by Crippen LogP contribution is 2.23. The second-order valence-electron chi connectivity index (χ2n) is 3.82. The Hall–Kier alpha value is -1.22. The van der Waals surface area contributed by atoms with Gasteiger partial charge in [0.2, 0.25) is 0 Å². The molecule has 1 aromatic carbocycles. The van der Waals surface area contributed by atoms with E-state index in [-0.39, 0.29) is 5.91 Å². The number of nitrogens with one attached hydrogen (secondary N) is 1. The number of rotatable bonds is 4. The van der Waals surface area contributed by atoms with Crippen LogP contribution < -0.4 is 5.32 Å². The van der Waals surface area contributed by atoms with E-state index in [1.54, 1.807) is 37.2 Å². The van der Waals surface area contributed by atoms with E-state index < -0.39 is 0 Å². The van der Waals surface area contributed by atoms with Crippen LogP contribution in [0.2, 0.25) is 5.02 Å². The van der Waals surface area contributed by atoms with Gasteiger partial charge in [0.15, 0.2) is 0 Å². The van der Waals surface area contributed by atoms with Crippen molar-refractivity contribution in [3.8, 4) is 0 Å². The normalized spacial score (nSPS) is 10.0. The standard InChI is InChI=1S/C12H17ClN2O/c1-4-7-14-11-8-9(5-6-10(11)13)12(16)15(2)3/h5-6,8,14H,4,7H2,1-3H3. The summed E-state index contributed by atoms with van der Waals surface area (Å²) >= 11 is 6.03. The van der Waals surface area contributed by atoms with Gasteiger partial charge in [-0.2, -0.15) is 0 Å². The molecule has 0 aliphatic heterocycles. The molecule has 3 nitrogen and oxygen atoms in total. The van der Waals surface area contributed by atoms with Gasteiger partial charge in [-0.3, -0.25) is 4.79 Å². The maximum atomic E-state index is 11.7. The Morgan fingerprint density at radius 1 is 1.44 bits per heavy atom. The van der Waals surface area contributed by atoms with Crippen molar-refractivity contribution in [2.24, 2.45) is 0 Å². The largest absolute Gasteiger partial charge is 0.384 e. The van der Waals surface area contributed by atoms with Crippen LogP contribution in [0.3, 0.4) is 0 Å². The van der Waals surface area contributed by atoms with E-state index in [2.05, 4.69) is 12.2 Å². The summed E-state index contributed by atoms with van der Waals surface area (Å²) in [5, 5.41) is 3.84. The molecule has 0 atom stereocenters. The first-order chi connectivity index (χ1) is 7.56. The van der Waals surface area contributed by atoms with Crippen molar-refractivity contribution in [2.75, 3.05) is 26.0 Å². The molecule has 0 bridgehead atoms. The fourth-order valence-electron chi connectivity index (χ4n) is 1.31. The van der Waals surface area contributed by atoms with Crippen LogP contribution in [0.15, 0.2) is 18.2 Å². The van der Waals surface area contributed by atoms with E-state index in [9.17, 15) is 4.79 Å². The number of anilines is 1. The van der Waals surface area contributed by atoms with Crippen molar-refractivity contribution < 1.29 is 4.79 Å². The zero-order valence-corrected chi connectivity index (χ0v) is 10.6. The van der Waals surface area contributed by atoms with Crippen LogP contribution in [0.5, 0.6) is 0 Å². The minimum Gasteiger partial charge on any atom is -0.384 e. The van der Waals surface area contributed by atoms with Crippen LogP contribution >= 0.6 is 11.6 Å². The Balaban J connectivity index is 2.93. The molecule has 1 N–H and O–H groups in total. The predicted octanol–water partition coefficient (Wildman–Crippen LogP) is 2.86. The second kappa shape index (κ2) is 5.75. The number of halogens is 1. The fourth-order valence-corrected chi connectivity index (χ4v) is 1.50. The molecule has 1 aromatic rings. The average molecular weight is 241 g/mol. The zero-order chi connectivity index (χ0) is 12.1. The molecule has 0 unspecified atom stereocenters. The highest BCUT2D eigenvalue weighted by atomic mass is 35.5. The van der Waals surface area contributed by atoms with Gasteiger partial charge in [0.25, 0.3) is 5.91 Å². The van der Waals surface area contributed by atoms with Crippen molar-refractivity contribution in [2.45, 2.75) is 13.3 Å². The molecular formula is C12H17ClN2O. The van der Waals surface area contributed by atoms with Gasteiger partial charge in [-0.15, -0.1) is 0 Å². The molecule has 0 saturated carbocycles. The molecule has 0 aliphatic carbocycles. The number of nitrogens with zero attached hydrogens (tertiary/aromatic N) is 1. The van der Waals surface area contributed by atoms with Gasteiger partial charge in [0, 0.05) is 26.2 Å². The van der Waals surface area contributed by atoms with Crippen LogP contribution in [0.25, 0.3) is 0 Å². The quantitative estimate of drug-likeness (QED) is 0.878. The van der Waals surface area contributed by atoms with Crippen LogP contribution in [0, 0.1) is 0 Å². The maximum absolute atomic E-state index is 11.7. The minimum atomic E-state index is -0.0174. The highest BCUT2D eigenvalue weighted by molar-refractivity contribution is 6.33. The summed E-state index contributed by atoms with van der Waals surface area (Å²) in [6.07, 6.45) is 1.02. The summed E-state index contributed by atoms with van der Waals surface area (Å²) in [5.74, 6) is -0.0174. The number of hydrogen-bond donors (Lipinski definition) is 1. The molecule has 0 spiro atoms. The molecule has 0 fully saturated rings. The first-order valence-corrected chi connectivity index (χ1v) is 5.69. The zero-order valence-electron chi connectivity index (χ0n) is 9.88. The lowest BCUT2D eigenvalue weighted by atomic mass is 10.2. The third kappa shape index (κ3) is 3.14. The van der Waals surface area contributed by atoms with E-state index in [4.69, 9.17) is 11.6 Å². The number of carbonyl (C=O) groups excluding carboxylic acids is 1. The fraction of sp³-hybridized carbons (Fsp3) is 0.417. The first-order valence-electron chi connectivity index (χ1n) is 5.31. The van der Waals surface area contributed by atoms with Crippen LogP contribution in [0.1, 0.15) is 23.7 Å². The van der Waals surface area contributed by atoms with E-state index in [1.807, 2.05) is 0 Å². The van der Waals surface area contributed by atoms with E-state index >= 15 is 0 Å². The molecule has 1 amide bonds. The number of amides is 1. The number of benzene rings is 1. The van der Waals surface area contributed by atoms with Gasteiger partial charge < -0.3 is 10.2 Å². The first kappa shape index (κ1) is 12.8. The van der Waals surface area contributed by atoms with Crippen molar-refractivity contribution >= 4 is 23.2 Å². The molecule has 1 rings (SSSR count). The van der Waals surface area contributed by atoms with Gasteiger partial charge in [0.1, 0.15) is 0 Å². The minimum absolute atomic E-state index is 0.0174. The molecule has 4 heteroatoms. The SMILES string of the molecule is CCCNc1cc(C(=O)N(C)C)ccc1Cl. The molecule has 0 radical (unpaired) electrons. The molecule has 88 valence electrons. The number of carbonyl (C=O) groups is 1. The molecular weight excluding hydrogens is 224 g/mol. The van der Waals surface area contributed by atoms with Gasteiger partial charge >= 0.3 is 0 Å². The molecule has 0 heterocycles. The Bertz CT molecular complexity index is 377.